The zero-order valence-corrected chi connectivity index (χ0v) is 36.0. The van der Waals surface area contributed by atoms with E-state index in [0.717, 1.165) is 20.3 Å². The number of phenolic OH excluding ortho intramolecular Hbond substituents is 1. The lowest BCUT2D eigenvalue weighted by molar-refractivity contribution is 0.277. The summed E-state index contributed by atoms with van der Waals surface area (Å²) in [6, 6.07) is 18.2. The summed E-state index contributed by atoms with van der Waals surface area (Å²) >= 11 is 9.31. The van der Waals surface area contributed by atoms with Gasteiger partial charge in [0, 0.05) is 64.4 Å². The van der Waals surface area contributed by atoms with Gasteiger partial charge in [0.15, 0.2) is 0 Å². The molecule has 6 rings (SSSR count). The average Bonchev–Trinajstić information content (AvgIpc) is 3.18. The molecule has 2 heterocycles. The predicted molar refractivity (Wildman–Crippen MR) is 229 cm³/mol. The summed E-state index contributed by atoms with van der Waals surface area (Å²) in [5.41, 5.74) is 1.64. The van der Waals surface area contributed by atoms with Gasteiger partial charge in [-0.15, -0.1) is 47.3 Å². The Morgan fingerprint density at radius 3 is 1.42 bits per heavy atom. The number of hydrogen-bond acceptors (Lipinski definition) is 8. The van der Waals surface area contributed by atoms with Crippen molar-refractivity contribution in [3.63, 3.8) is 0 Å². The van der Waals surface area contributed by atoms with E-state index in [1.54, 1.807) is 50.5 Å². The van der Waals surface area contributed by atoms with E-state index in [1.165, 1.54) is 52.6 Å². The van der Waals surface area contributed by atoms with E-state index in [9.17, 15) is 33.1 Å². The Bertz CT molecular complexity index is 2580. The Hall–Kier alpha value is -4.36. The van der Waals surface area contributed by atoms with Crippen LogP contribution in [0.15, 0.2) is 92.0 Å². The highest BCUT2D eigenvalue weighted by atomic mass is 79.9. The van der Waals surface area contributed by atoms with Crippen LogP contribution in [-0.4, -0.2) is 57.1 Å². The molecule has 0 atom stereocenters. The summed E-state index contributed by atoms with van der Waals surface area (Å²) in [4.78, 5) is 51.0. The molecule has 0 fully saturated rings. The highest BCUT2D eigenvalue weighted by molar-refractivity contribution is 9.69. The summed E-state index contributed by atoms with van der Waals surface area (Å²) in [6.45, 7) is -0.0426. The monoisotopic (exact) mass is 978 g/mol. The molecule has 0 saturated heterocycles. The number of benzene rings is 4. The molecule has 302 valence electrons. The van der Waals surface area contributed by atoms with Gasteiger partial charge in [0.2, 0.25) is 0 Å². The van der Waals surface area contributed by atoms with Crippen molar-refractivity contribution in [2.75, 3.05) is 20.3 Å². The van der Waals surface area contributed by atoms with E-state index in [1.807, 2.05) is 0 Å². The number of rotatable bonds is 11. The first kappa shape index (κ1) is 45.3. The summed E-state index contributed by atoms with van der Waals surface area (Å²) in [5.74, 6) is -0.246. The Morgan fingerprint density at radius 1 is 0.632 bits per heavy atom. The van der Waals surface area contributed by atoms with Gasteiger partial charge in [0.05, 0.1) is 28.9 Å². The molecule has 0 aliphatic rings. The SMILES string of the molecule is BrB(Br)Br.COc1ccc2c(c1Cc1ccc(F)cc1)c(=O)n(CCCO)c(=O)n2C.Cn1c(=O)n(CCCO)c(=O)c2c(Cc3ccc(F)cc3)c(O)ccc21. The van der Waals surface area contributed by atoms with Gasteiger partial charge in [0.25, 0.3) is 11.1 Å². The minimum atomic E-state index is -0.510. The number of ether oxygens (including phenoxy) is 1. The molecular formula is C39H40BBr3F2N4O8. The van der Waals surface area contributed by atoms with Crippen LogP contribution in [0.1, 0.15) is 35.1 Å². The van der Waals surface area contributed by atoms with Gasteiger partial charge in [-0.25, -0.2) is 18.4 Å². The van der Waals surface area contributed by atoms with E-state index < -0.39 is 22.5 Å². The molecule has 57 heavy (non-hydrogen) atoms. The molecule has 0 spiro atoms. The van der Waals surface area contributed by atoms with Gasteiger partial charge in [-0.05, 0) is 72.5 Å². The average molecular weight is 981 g/mol. The van der Waals surface area contributed by atoms with Crippen molar-refractivity contribution in [1.82, 2.24) is 18.3 Å². The summed E-state index contributed by atoms with van der Waals surface area (Å²) < 4.78 is 37.0. The third-order valence-electron chi connectivity index (χ3n) is 9.08. The Balaban J connectivity index is 0.000000231. The van der Waals surface area contributed by atoms with E-state index in [-0.39, 0.29) is 65.1 Å². The predicted octanol–water partition coefficient (Wildman–Crippen LogP) is 5.50. The molecule has 4 aromatic carbocycles. The maximum absolute atomic E-state index is 13.2. The number of nitrogens with zero attached hydrogens (tertiary/aromatic N) is 4. The largest absolute Gasteiger partial charge is 0.508 e. The molecule has 12 nitrogen and oxygen atoms in total. The molecular weight excluding hydrogens is 941 g/mol. The number of aliphatic hydroxyl groups is 2. The summed E-state index contributed by atoms with van der Waals surface area (Å²) in [7, 11) is 4.67. The summed E-state index contributed by atoms with van der Waals surface area (Å²) in [5, 5.41) is 29.0. The second kappa shape index (κ2) is 20.9. The minimum absolute atomic E-state index is 0.0636. The normalized spacial score (nSPS) is 10.8. The third-order valence-corrected chi connectivity index (χ3v) is 9.08. The smallest absolute Gasteiger partial charge is 0.369 e. The number of aromatic nitrogens is 4. The van der Waals surface area contributed by atoms with Gasteiger partial charge in [-0.3, -0.25) is 27.9 Å². The molecule has 6 aromatic rings. The molecule has 3 N–H and O–H groups in total. The lowest BCUT2D eigenvalue weighted by Crippen LogP contribution is -2.39. The fourth-order valence-electron chi connectivity index (χ4n) is 6.30. The van der Waals surface area contributed by atoms with Crippen LogP contribution in [0.2, 0.25) is 0 Å². The highest BCUT2D eigenvalue weighted by Gasteiger charge is 2.19. The van der Waals surface area contributed by atoms with Gasteiger partial charge >= 0.3 is 14.6 Å². The van der Waals surface area contributed by atoms with E-state index in [2.05, 4.69) is 47.3 Å². The molecule has 0 aliphatic heterocycles. The van der Waals surface area contributed by atoms with Crippen molar-refractivity contribution < 1.29 is 28.8 Å². The van der Waals surface area contributed by atoms with Crippen LogP contribution in [-0.2, 0) is 40.0 Å². The molecule has 0 saturated carbocycles. The third kappa shape index (κ3) is 11.0. The number of aryl methyl sites for hydroxylation is 2. The minimum Gasteiger partial charge on any atom is -0.508 e. The number of phenols is 1. The van der Waals surface area contributed by atoms with Gasteiger partial charge in [-0.2, -0.15) is 0 Å². The zero-order valence-electron chi connectivity index (χ0n) is 31.2. The number of hydrogen-bond donors (Lipinski definition) is 3. The van der Waals surface area contributed by atoms with Crippen LogP contribution in [0.3, 0.4) is 0 Å². The van der Waals surface area contributed by atoms with E-state index in [4.69, 9.17) is 14.9 Å². The van der Waals surface area contributed by atoms with E-state index in [0.29, 0.717) is 46.1 Å². The fraction of sp³-hybridized carbons (Fsp3) is 0.282. The van der Waals surface area contributed by atoms with Crippen LogP contribution in [0, 0.1) is 11.6 Å². The Labute approximate surface area is 350 Å². The van der Waals surface area contributed by atoms with Crippen molar-refractivity contribution in [2.24, 2.45) is 14.1 Å². The van der Waals surface area contributed by atoms with Gasteiger partial charge in [-0.1, -0.05) is 24.3 Å². The van der Waals surface area contributed by atoms with Crippen molar-refractivity contribution in [3.05, 3.63) is 148 Å². The second-order valence-electron chi connectivity index (χ2n) is 12.7. The van der Waals surface area contributed by atoms with Crippen molar-refractivity contribution in [3.8, 4) is 11.5 Å². The standard InChI is InChI=1S/C20H21FN2O4.C19H19FN2O4.BBr3/c1-22-16-8-9-17(27-2)15(12-13-4-6-14(21)7-5-13)18(16)19(25)23(20(22)26)10-3-11-24;1-21-15-7-8-16(24)14(11-12-3-5-13(20)6-4-12)17(15)18(25)22(19(21)26)9-2-10-23;2-1(3)4/h4-9,24H,3,10-12H2,1-2H3;3-8,23-24H,2,9-11H2,1H3;. The first-order valence-electron chi connectivity index (χ1n) is 17.5. The van der Waals surface area contributed by atoms with Gasteiger partial charge in [0.1, 0.15) is 23.1 Å². The maximum atomic E-state index is 13.2. The van der Waals surface area contributed by atoms with Crippen LogP contribution < -0.4 is 27.2 Å². The zero-order chi connectivity index (χ0) is 42.0. The van der Waals surface area contributed by atoms with E-state index >= 15 is 0 Å². The van der Waals surface area contributed by atoms with Crippen LogP contribution >= 0.6 is 47.3 Å². The second-order valence-corrected chi connectivity index (χ2v) is 19.1. The number of aliphatic hydroxyl groups excluding tert-OH is 2. The maximum Gasteiger partial charge on any atom is 0.369 e. The molecule has 2 aromatic heterocycles. The molecule has 0 unspecified atom stereocenters. The van der Waals surface area contributed by atoms with Crippen molar-refractivity contribution >= 4 is 72.3 Å². The quantitative estimate of drug-likeness (QED) is 0.144. The molecule has 0 radical (unpaired) electrons. The first-order chi connectivity index (χ1) is 27.1. The van der Waals surface area contributed by atoms with Crippen molar-refractivity contribution in [2.45, 2.75) is 38.8 Å². The lowest BCUT2D eigenvalue weighted by atomic mass is 9.99. The van der Waals surface area contributed by atoms with Crippen LogP contribution in [0.4, 0.5) is 8.78 Å². The Kier molecular flexibility index (Phi) is 16.6. The molecule has 0 aliphatic carbocycles. The molecule has 18 heteroatoms. The highest BCUT2D eigenvalue weighted by Crippen LogP contribution is 2.29. The fourth-order valence-corrected chi connectivity index (χ4v) is 6.30. The van der Waals surface area contributed by atoms with Gasteiger partial charge < -0.3 is 20.1 Å². The molecule has 0 bridgehead atoms. The number of aromatic hydroxyl groups is 1. The summed E-state index contributed by atoms with van der Waals surface area (Å²) in [6.07, 6.45) is 1.15. The number of methoxy groups -OCH3 is 1. The van der Waals surface area contributed by atoms with Crippen molar-refractivity contribution in [1.29, 1.82) is 0 Å². The topological polar surface area (TPSA) is 158 Å². The first-order valence-corrected chi connectivity index (χ1v) is 20.3. The lowest BCUT2D eigenvalue weighted by Gasteiger charge is -2.16. The van der Waals surface area contributed by atoms with Crippen LogP contribution in [0.25, 0.3) is 21.8 Å². The number of fused-ring (bicyclic) bond motifs is 2. The van der Waals surface area contributed by atoms with Crippen LogP contribution in [0.5, 0.6) is 11.5 Å². The molecule has 0 amide bonds. The Morgan fingerprint density at radius 2 is 1.02 bits per heavy atom. The number of halogens is 5.